The van der Waals surface area contributed by atoms with E-state index in [2.05, 4.69) is 17.5 Å². The monoisotopic (exact) mass is 235 g/mol. The zero-order chi connectivity index (χ0) is 11.4. The van der Waals surface area contributed by atoms with Crippen molar-refractivity contribution >= 4 is 10.8 Å². The summed E-state index contributed by atoms with van der Waals surface area (Å²) < 4.78 is 11.2. The lowest BCUT2D eigenvalue weighted by Crippen LogP contribution is -2.25. The van der Waals surface area contributed by atoms with Crippen molar-refractivity contribution < 1.29 is 4.21 Å². The zero-order valence-corrected chi connectivity index (χ0v) is 10.3. The second-order valence-corrected chi connectivity index (χ2v) is 5.50. The molecular formula is C13H17NOS. The molecule has 0 heterocycles. The van der Waals surface area contributed by atoms with Crippen LogP contribution >= 0.6 is 0 Å². The predicted octanol–water partition coefficient (Wildman–Crippen LogP) is 2.23. The quantitative estimate of drug-likeness (QED) is 0.811. The van der Waals surface area contributed by atoms with Crippen molar-refractivity contribution in [3.63, 3.8) is 0 Å². The van der Waals surface area contributed by atoms with Gasteiger partial charge in [0, 0.05) is 34.5 Å². The number of hydrogen-bond donors (Lipinski definition) is 1. The third-order valence-corrected chi connectivity index (χ3v) is 3.79. The molecule has 1 aromatic rings. The molecule has 1 aliphatic rings. The molecule has 16 heavy (non-hydrogen) atoms. The van der Waals surface area contributed by atoms with Crippen LogP contribution in [0, 0.1) is 0 Å². The van der Waals surface area contributed by atoms with Crippen LogP contribution in [0.25, 0.3) is 0 Å². The normalized spacial score (nSPS) is 17.8. The van der Waals surface area contributed by atoms with E-state index in [9.17, 15) is 4.21 Å². The first-order valence-corrected chi connectivity index (χ1v) is 7.12. The fraction of sp³-hybridized carbons (Fsp3) is 0.385. The lowest BCUT2D eigenvalue weighted by Gasteiger charge is -2.11. The minimum Gasteiger partial charge on any atom is -0.309 e. The second kappa shape index (κ2) is 5.41. The third kappa shape index (κ3) is 3.03. The molecule has 86 valence electrons. The SMILES string of the molecule is CS(=O)c1ccc(CNC2CC=CC2)cc1. The van der Waals surface area contributed by atoms with Crippen molar-refractivity contribution in [3.8, 4) is 0 Å². The first-order valence-electron chi connectivity index (χ1n) is 5.56. The molecule has 1 aromatic carbocycles. The van der Waals surface area contributed by atoms with Gasteiger partial charge < -0.3 is 5.32 Å². The topological polar surface area (TPSA) is 29.1 Å². The molecule has 1 unspecified atom stereocenters. The van der Waals surface area contributed by atoms with Crippen molar-refractivity contribution in [3.05, 3.63) is 42.0 Å². The molecule has 2 rings (SSSR count). The molecule has 2 nitrogen and oxygen atoms in total. The van der Waals surface area contributed by atoms with Crippen molar-refractivity contribution in [2.45, 2.75) is 30.3 Å². The van der Waals surface area contributed by atoms with Crippen LogP contribution in [0.2, 0.25) is 0 Å². The molecule has 0 aliphatic heterocycles. The molecule has 0 saturated heterocycles. The molecule has 0 bridgehead atoms. The molecule has 0 radical (unpaired) electrons. The summed E-state index contributed by atoms with van der Waals surface area (Å²) in [6, 6.07) is 8.58. The highest BCUT2D eigenvalue weighted by Gasteiger charge is 2.08. The Morgan fingerprint density at radius 1 is 1.25 bits per heavy atom. The molecule has 0 spiro atoms. The van der Waals surface area contributed by atoms with E-state index in [1.807, 2.05) is 24.3 Å². The van der Waals surface area contributed by atoms with E-state index in [0.717, 1.165) is 24.3 Å². The van der Waals surface area contributed by atoms with Gasteiger partial charge in [0.2, 0.25) is 0 Å². The van der Waals surface area contributed by atoms with Gasteiger partial charge in [0.1, 0.15) is 0 Å². The van der Waals surface area contributed by atoms with Crippen LogP contribution in [-0.4, -0.2) is 16.5 Å². The Bertz CT molecular complexity index is 389. The van der Waals surface area contributed by atoms with Gasteiger partial charge in [-0.25, -0.2) is 0 Å². The first kappa shape index (κ1) is 11.6. The van der Waals surface area contributed by atoms with Gasteiger partial charge in [-0.1, -0.05) is 24.3 Å². The van der Waals surface area contributed by atoms with Crippen molar-refractivity contribution in [1.29, 1.82) is 0 Å². The average Bonchev–Trinajstić information content (AvgIpc) is 2.80. The fourth-order valence-electron chi connectivity index (χ4n) is 1.85. The van der Waals surface area contributed by atoms with Gasteiger partial charge in [0.25, 0.3) is 0 Å². The van der Waals surface area contributed by atoms with Gasteiger partial charge in [-0.15, -0.1) is 0 Å². The van der Waals surface area contributed by atoms with Crippen LogP contribution < -0.4 is 5.32 Å². The minimum atomic E-state index is -0.874. The summed E-state index contributed by atoms with van der Waals surface area (Å²) in [5.74, 6) is 0. The van der Waals surface area contributed by atoms with Crippen molar-refractivity contribution in [2.75, 3.05) is 6.26 Å². The Hall–Kier alpha value is -0.930. The van der Waals surface area contributed by atoms with E-state index in [1.165, 1.54) is 5.56 Å². The molecular weight excluding hydrogens is 218 g/mol. The smallest absolute Gasteiger partial charge is 0.0498 e. The van der Waals surface area contributed by atoms with E-state index in [4.69, 9.17) is 0 Å². The molecule has 0 amide bonds. The summed E-state index contributed by atoms with van der Waals surface area (Å²) >= 11 is 0. The van der Waals surface area contributed by atoms with Gasteiger partial charge >= 0.3 is 0 Å². The van der Waals surface area contributed by atoms with Gasteiger partial charge in [-0.3, -0.25) is 4.21 Å². The minimum absolute atomic E-state index is 0.597. The summed E-state index contributed by atoms with van der Waals surface area (Å²) in [6.45, 7) is 0.892. The Morgan fingerprint density at radius 3 is 2.44 bits per heavy atom. The van der Waals surface area contributed by atoms with E-state index < -0.39 is 10.8 Å². The van der Waals surface area contributed by atoms with Crippen molar-refractivity contribution in [2.24, 2.45) is 0 Å². The standard InChI is InChI=1S/C13H17NOS/c1-16(15)13-8-6-11(7-9-13)10-14-12-4-2-3-5-12/h2-3,6-9,12,14H,4-5,10H2,1H3. The Labute approximate surface area is 99.2 Å². The highest BCUT2D eigenvalue weighted by atomic mass is 32.2. The van der Waals surface area contributed by atoms with Crippen molar-refractivity contribution in [1.82, 2.24) is 5.32 Å². The number of hydrogen-bond acceptors (Lipinski definition) is 2. The highest BCUT2D eigenvalue weighted by Crippen LogP contribution is 2.11. The van der Waals surface area contributed by atoms with E-state index in [-0.39, 0.29) is 0 Å². The van der Waals surface area contributed by atoms with Crippen LogP contribution in [0.1, 0.15) is 18.4 Å². The van der Waals surface area contributed by atoms with Crippen LogP contribution in [0.4, 0.5) is 0 Å². The van der Waals surface area contributed by atoms with Gasteiger partial charge in [-0.05, 0) is 30.5 Å². The maximum atomic E-state index is 11.2. The summed E-state index contributed by atoms with van der Waals surface area (Å²) in [7, 11) is -0.874. The van der Waals surface area contributed by atoms with Crippen LogP contribution in [0.15, 0.2) is 41.3 Å². The van der Waals surface area contributed by atoms with E-state index >= 15 is 0 Å². The second-order valence-electron chi connectivity index (χ2n) is 4.12. The summed E-state index contributed by atoms with van der Waals surface area (Å²) in [6.07, 6.45) is 8.42. The summed E-state index contributed by atoms with van der Waals surface area (Å²) in [4.78, 5) is 0.895. The molecule has 1 atom stereocenters. The Kier molecular flexibility index (Phi) is 3.91. The maximum Gasteiger partial charge on any atom is 0.0498 e. The Balaban J connectivity index is 1.87. The summed E-state index contributed by atoms with van der Waals surface area (Å²) in [5.41, 5.74) is 1.25. The molecule has 3 heteroatoms. The molecule has 1 aliphatic carbocycles. The van der Waals surface area contributed by atoms with Gasteiger partial charge in [0.05, 0.1) is 0 Å². The van der Waals surface area contributed by atoms with Crippen LogP contribution in [0.3, 0.4) is 0 Å². The lowest BCUT2D eigenvalue weighted by molar-refractivity contribution is 0.538. The maximum absolute atomic E-state index is 11.2. The van der Waals surface area contributed by atoms with Gasteiger partial charge in [-0.2, -0.15) is 0 Å². The van der Waals surface area contributed by atoms with Crippen LogP contribution in [0.5, 0.6) is 0 Å². The zero-order valence-electron chi connectivity index (χ0n) is 9.48. The number of nitrogens with one attached hydrogen (secondary N) is 1. The number of benzene rings is 1. The van der Waals surface area contributed by atoms with Gasteiger partial charge in [0.15, 0.2) is 0 Å². The molecule has 1 N–H and O–H groups in total. The lowest BCUT2D eigenvalue weighted by atomic mass is 10.2. The van der Waals surface area contributed by atoms with Crippen LogP contribution in [-0.2, 0) is 17.3 Å². The number of rotatable bonds is 4. The Morgan fingerprint density at radius 2 is 1.88 bits per heavy atom. The average molecular weight is 235 g/mol. The predicted molar refractivity (Wildman–Crippen MR) is 67.8 cm³/mol. The summed E-state index contributed by atoms with van der Waals surface area (Å²) in [5, 5.41) is 3.51. The molecule has 0 fully saturated rings. The van der Waals surface area contributed by atoms with E-state index in [0.29, 0.717) is 6.04 Å². The molecule has 0 aromatic heterocycles. The first-order chi connectivity index (χ1) is 7.75. The molecule has 0 saturated carbocycles. The largest absolute Gasteiger partial charge is 0.309 e. The van der Waals surface area contributed by atoms with E-state index in [1.54, 1.807) is 6.26 Å². The highest BCUT2D eigenvalue weighted by molar-refractivity contribution is 7.84. The third-order valence-electron chi connectivity index (χ3n) is 2.86. The fourth-order valence-corrected chi connectivity index (χ4v) is 2.36.